The van der Waals surface area contributed by atoms with Gasteiger partial charge in [0.2, 0.25) is 0 Å². The third kappa shape index (κ3) is 3.95. The van der Waals surface area contributed by atoms with Crippen LogP contribution in [0.1, 0.15) is 12.5 Å². The summed E-state index contributed by atoms with van der Waals surface area (Å²) >= 11 is 3.29. The summed E-state index contributed by atoms with van der Waals surface area (Å²) in [5.41, 5.74) is 0.735. The molecule has 5 nitrogen and oxygen atoms in total. The first-order chi connectivity index (χ1) is 9.92. The Morgan fingerprint density at radius 1 is 1.29 bits per heavy atom. The van der Waals surface area contributed by atoms with Crippen LogP contribution in [0.3, 0.4) is 0 Å². The van der Waals surface area contributed by atoms with Gasteiger partial charge in [0, 0.05) is 10.7 Å². The quantitative estimate of drug-likeness (QED) is 0.875. The highest BCUT2D eigenvalue weighted by Crippen LogP contribution is 2.21. The monoisotopic (exact) mass is 370 g/mol. The van der Waals surface area contributed by atoms with Crippen LogP contribution in [0.25, 0.3) is 0 Å². The molecule has 0 aliphatic heterocycles. The Bertz CT molecular complexity index is 730. The van der Waals surface area contributed by atoms with Crippen LogP contribution in [-0.4, -0.2) is 20.0 Å². The summed E-state index contributed by atoms with van der Waals surface area (Å²) in [6, 6.07) is 8.05. The molecule has 0 aliphatic carbocycles. The predicted octanol–water partition coefficient (Wildman–Crippen LogP) is 3.35. The zero-order chi connectivity index (χ0) is 15.5. The highest BCUT2D eigenvalue weighted by atomic mass is 79.9. The average Bonchev–Trinajstić information content (AvgIpc) is 2.43. The summed E-state index contributed by atoms with van der Waals surface area (Å²) < 4.78 is 33.2. The highest BCUT2D eigenvalue weighted by Gasteiger charge is 2.16. The number of benzene rings is 1. The summed E-state index contributed by atoms with van der Waals surface area (Å²) in [6.07, 6.45) is 1.54. The van der Waals surface area contributed by atoms with E-state index in [-0.39, 0.29) is 4.90 Å². The number of anilines is 1. The van der Waals surface area contributed by atoms with Gasteiger partial charge in [-0.2, -0.15) is 0 Å². The molecule has 0 aliphatic rings. The van der Waals surface area contributed by atoms with Crippen LogP contribution < -0.4 is 9.46 Å². The van der Waals surface area contributed by atoms with Crippen LogP contribution >= 0.6 is 15.9 Å². The molecule has 0 amide bonds. The molecular weight excluding hydrogens is 356 g/mol. The molecule has 0 spiro atoms. The summed E-state index contributed by atoms with van der Waals surface area (Å²) in [4.78, 5) is 4.24. The molecule has 7 heteroatoms. The van der Waals surface area contributed by atoms with Crippen molar-refractivity contribution in [3.8, 4) is 5.75 Å². The number of nitrogens with zero attached hydrogens (tertiary/aromatic N) is 1. The molecule has 0 unspecified atom stereocenters. The first kappa shape index (κ1) is 15.8. The largest absolute Gasteiger partial charge is 0.494 e. The number of hydrogen-bond acceptors (Lipinski definition) is 4. The van der Waals surface area contributed by atoms with Crippen LogP contribution in [0, 0.1) is 6.92 Å². The second-order valence-electron chi connectivity index (χ2n) is 4.33. The van der Waals surface area contributed by atoms with Crippen molar-refractivity contribution in [2.24, 2.45) is 0 Å². The van der Waals surface area contributed by atoms with E-state index in [1.165, 1.54) is 12.1 Å². The predicted molar refractivity (Wildman–Crippen MR) is 85.1 cm³/mol. The minimum atomic E-state index is -3.66. The van der Waals surface area contributed by atoms with Gasteiger partial charge in [0.1, 0.15) is 11.6 Å². The molecule has 0 atom stereocenters. The fourth-order valence-electron chi connectivity index (χ4n) is 1.72. The molecule has 112 valence electrons. The van der Waals surface area contributed by atoms with Gasteiger partial charge in [-0.25, -0.2) is 13.4 Å². The van der Waals surface area contributed by atoms with E-state index in [2.05, 4.69) is 25.6 Å². The van der Waals surface area contributed by atoms with Crippen LogP contribution in [0.2, 0.25) is 0 Å². The minimum Gasteiger partial charge on any atom is -0.494 e. The Morgan fingerprint density at radius 2 is 1.95 bits per heavy atom. The van der Waals surface area contributed by atoms with Gasteiger partial charge in [0.25, 0.3) is 10.0 Å². The van der Waals surface area contributed by atoms with Gasteiger partial charge >= 0.3 is 0 Å². The maximum atomic E-state index is 12.3. The standard InChI is InChI=1S/C14H15BrN2O3S/c1-3-20-12-4-6-13(7-5-12)21(18,19)17-14-10(2)8-11(15)9-16-14/h4-9H,3H2,1-2H3,(H,16,17). The van der Waals surface area contributed by atoms with E-state index in [0.717, 1.165) is 10.0 Å². The summed E-state index contributed by atoms with van der Waals surface area (Å²) in [5, 5.41) is 0. The third-order valence-electron chi connectivity index (χ3n) is 2.72. The van der Waals surface area contributed by atoms with E-state index < -0.39 is 10.0 Å². The topological polar surface area (TPSA) is 68.3 Å². The number of ether oxygens (including phenoxy) is 1. The molecular formula is C14H15BrN2O3S. The number of nitrogens with one attached hydrogen (secondary N) is 1. The Kier molecular flexibility index (Phi) is 4.84. The molecule has 0 saturated heterocycles. The van der Waals surface area contributed by atoms with Gasteiger partial charge in [0.05, 0.1) is 11.5 Å². The lowest BCUT2D eigenvalue weighted by atomic mass is 10.3. The van der Waals surface area contributed by atoms with Gasteiger partial charge in [0.15, 0.2) is 0 Å². The fourth-order valence-corrected chi connectivity index (χ4v) is 3.24. The van der Waals surface area contributed by atoms with E-state index in [9.17, 15) is 8.42 Å². The van der Waals surface area contributed by atoms with E-state index in [0.29, 0.717) is 18.2 Å². The average molecular weight is 371 g/mol. The first-order valence-corrected chi connectivity index (χ1v) is 8.58. The molecule has 0 fully saturated rings. The minimum absolute atomic E-state index is 0.162. The van der Waals surface area contributed by atoms with Gasteiger partial charge < -0.3 is 4.74 Å². The van der Waals surface area contributed by atoms with Crippen LogP contribution in [0.4, 0.5) is 5.82 Å². The molecule has 1 aromatic heterocycles. The molecule has 21 heavy (non-hydrogen) atoms. The maximum absolute atomic E-state index is 12.3. The van der Waals surface area contributed by atoms with Crippen molar-refractivity contribution in [3.05, 3.63) is 46.6 Å². The SMILES string of the molecule is CCOc1ccc(S(=O)(=O)Nc2ncc(Br)cc2C)cc1. The summed E-state index contributed by atoms with van der Waals surface area (Å²) in [6.45, 7) is 4.19. The number of hydrogen-bond donors (Lipinski definition) is 1. The number of aromatic nitrogens is 1. The number of rotatable bonds is 5. The number of halogens is 1. The van der Waals surface area contributed by atoms with E-state index in [1.807, 2.05) is 6.92 Å². The van der Waals surface area contributed by atoms with Gasteiger partial charge in [-0.15, -0.1) is 0 Å². The van der Waals surface area contributed by atoms with E-state index in [4.69, 9.17) is 4.74 Å². The highest BCUT2D eigenvalue weighted by molar-refractivity contribution is 9.10. The van der Waals surface area contributed by atoms with Crippen molar-refractivity contribution >= 4 is 31.8 Å². The van der Waals surface area contributed by atoms with Crippen molar-refractivity contribution < 1.29 is 13.2 Å². The van der Waals surface area contributed by atoms with Crippen molar-refractivity contribution in [3.63, 3.8) is 0 Å². The van der Waals surface area contributed by atoms with Crippen molar-refractivity contribution in [2.75, 3.05) is 11.3 Å². The lowest BCUT2D eigenvalue weighted by Gasteiger charge is -2.10. The van der Waals surface area contributed by atoms with E-state index in [1.54, 1.807) is 31.3 Å². The zero-order valence-corrected chi connectivity index (χ0v) is 14.0. The molecule has 2 aromatic rings. The Labute approximate surface area is 132 Å². The molecule has 0 radical (unpaired) electrons. The number of sulfonamides is 1. The van der Waals surface area contributed by atoms with E-state index >= 15 is 0 Å². The molecule has 1 heterocycles. The van der Waals surface area contributed by atoms with Crippen molar-refractivity contribution in [2.45, 2.75) is 18.7 Å². The lowest BCUT2D eigenvalue weighted by molar-refractivity contribution is 0.340. The second-order valence-corrected chi connectivity index (χ2v) is 6.93. The molecule has 1 N–H and O–H groups in total. The van der Waals surface area contributed by atoms with Crippen molar-refractivity contribution in [1.82, 2.24) is 4.98 Å². The molecule has 1 aromatic carbocycles. The first-order valence-electron chi connectivity index (χ1n) is 6.30. The van der Waals surface area contributed by atoms with Gasteiger partial charge in [-0.3, -0.25) is 4.72 Å². The van der Waals surface area contributed by atoms with Gasteiger partial charge in [-0.05, 0) is 65.7 Å². The summed E-state index contributed by atoms with van der Waals surface area (Å²) in [5.74, 6) is 0.946. The van der Waals surface area contributed by atoms with Crippen LogP contribution in [-0.2, 0) is 10.0 Å². The smallest absolute Gasteiger partial charge is 0.263 e. The van der Waals surface area contributed by atoms with Crippen LogP contribution in [0.15, 0.2) is 45.9 Å². The fraction of sp³-hybridized carbons (Fsp3) is 0.214. The van der Waals surface area contributed by atoms with Crippen LogP contribution in [0.5, 0.6) is 5.75 Å². The lowest BCUT2D eigenvalue weighted by Crippen LogP contribution is -2.14. The number of pyridine rings is 1. The Hall–Kier alpha value is -1.60. The molecule has 0 bridgehead atoms. The van der Waals surface area contributed by atoms with Crippen molar-refractivity contribution in [1.29, 1.82) is 0 Å². The third-order valence-corrected chi connectivity index (χ3v) is 4.51. The zero-order valence-electron chi connectivity index (χ0n) is 11.6. The Morgan fingerprint density at radius 3 is 2.52 bits per heavy atom. The maximum Gasteiger partial charge on any atom is 0.263 e. The molecule has 0 saturated carbocycles. The Balaban J connectivity index is 2.25. The van der Waals surface area contributed by atoms with Gasteiger partial charge in [-0.1, -0.05) is 0 Å². The summed E-state index contributed by atoms with van der Waals surface area (Å²) in [7, 11) is -3.66. The normalized spacial score (nSPS) is 11.2. The second kappa shape index (κ2) is 6.44. The molecule has 2 rings (SSSR count). The number of aryl methyl sites for hydroxylation is 1.